The van der Waals surface area contributed by atoms with Gasteiger partial charge in [0.25, 0.3) is 5.91 Å². The number of carbonyl (C=O) groups excluding carboxylic acids is 1. The fourth-order valence-electron chi connectivity index (χ4n) is 4.56. The van der Waals surface area contributed by atoms with Gasteiger partial charge in [0, 0.05) is 50.5 Å². The lowest BCUT2D eigenvalue weighted by atomic mass is 10.1. The molecule has 0 radical (unpaired) electrons. The van der Waals surface area contributed by atoms with Crippen molar-refractivity contribution in [1.82, 2.24) is 19.7 Å². The molecule has 0 unspecified atom stereocenters. The first-order chi connectivity index (χ1) is 17.9. The molecule has 2 heterocycles. The molecule has 1 aliphatic heterocycles. The number of fused-ring (bicyclic) bond motifs is 1. The smallest absolute Gasteiger partial charge is 0.420 e. The molecule has 0 spiro atoms. The van der Waals surface area contributed by atoms with Crippen molar-refractivity contribution in [2.75, 3.05) is 57.8 Å². The largest absolute Gasteiger partial charge is 0.465 e. The average molecular weight is 510 g/mol. The van der Waals surface area contributed by atoms with Gasteiger partial charge in [-0.05, 0) is 62.3 Å². The topological polar surface area (TPSA) is 111 Å². The molecule has 0 aliphatic carbocycles. The summed E-state index contributed by atoms with van der Waals surface area (Å²) in [7, 11) is 2.11. The van der Waals surface area contributed by atoms with Gasteiger partial charge in [0.1, 0.15) is 0 Å². The summed E-state index contributed by atoms with van der Waals surface area (Å²) in [6.45, 7) is 8.01. The zero-order chi connectivity index (χ0) is 26.4. The lowest BCUT2D eigenvalue weighted by Crippen LogP contribution is -2.45. The van der Waals surface area contributed by atoms with Crippen LogP contribution < -0.4 is 16.0 Å². The number of piperazine rings is 1. The van der Waals surface area contributed by atoms with Crippen molar-refractivity contribution in [3.05, 3.63) is 64.1 Å². The molecule has 2 aromatic carbocycles. The van der Waals surface area contributed by atoms with Crippen molar-refractivity contribution < 1.29 is 19.1 Å². The van der Waals surface area contributed by atoms with Crippen molar-refractivity contribution in [1.29, 1.82) is 0 Å². The fourth-order valence-corrected chi connectivity index (χ4v) is 4.56. The molecule has 0 atom stereocenters. The van der Waals surface area contributed by atoms with Gasteiger partial charge in [-0.15, -0.1) is 0 Å². The van der Waals surface area contributed by atoms with E-state index in [9.17, 15) is 19.5 Å². The van der Waals surface area contributed by atoms with Crippen LogP contribution in [-0.2, 0) is 6.54 Å². The number of carbonyl (C=O) groups is 2. The Labute approximate surface area is 216 Å². The second-order valence-electron chi connectivity index (χ2n) is 9.50. The Bertz CT molecular complexity index is 1290. The molecule has 198 valence electrons. The number of aromatic nitrogens is 1. The van der Waals surface area contributed by atoms with Crippen molar-refractivity contribution in [2.24, 2.45) is 0 Å². The van der Waals surface area contributed by atoms with Crippen LogP contribution in [-0.4, -0.2) is 84.3 Å². The molecule has 37 heavy (non-hydrogen) atoms. The highest BCUT2D eigenvalue weighted by molar-refractivity contribution is 5.97. The Morgan fingerprint density at radius 2 is 1.89 bits per heavy atom. The molecule has 1 saturated heterocycles. The van der Waals surface area contributed by atoms with Gasteiger partial charge < -0.3 is 24.6 Å². The van der Waals surface area contributed by atoms with Gasteiger partial charge in [-0.2, -0.15) is 0 Å². The van der Waals surface area contributed by atoms with E-state index in [-0.39, 0.29) is 12.5 Å². The molecule has 2 amide bonds. The molecule has 4 rings (SSSR count). The number of benzene rings is 2. The van der Waals surface area contributed by atoms with Gasteiger partial charge in [0.05, 0.1) is 12.1 Å². The summed E-state index contributed by atoms with van der Waals surface area (Å²) in [4.78, 5) is 43.1. The van der Waals surface area contributed by atoms with Crippen LogP contribution in [0.3, 0.4) is 0 Å². The van der Waals surface area contributed by atoms with Crippen LogP contribution in [0.1, 0.15) is 35.7 Å². The maximum absolute atomic E-state index is 12.6. The van der Waals surface area contributed by atoms with Crippen LogP contribution in [0, 0.1) is 0 Å². The van der Waals surface area contributed by atoms with E-state index in [0.29, 0.717) is 35.4 Å². The highest BCUT2D eigenvalue weighted by Crippen LogP contribution is 2.21. The molecule has 10 heteroatoms. The van der Waals surface area contributed by atoms with Gasteiger partial charge in [-0.3, -0.25) is 14.3 Å². The third-order valence-electron chi connectivity index (χ3n) is 6.71. The summed E-state index contributed by atoms with van der Waals surface area (Å²) < 4.78 is 6.85. The second kappa shape index (κ2) is 12.1. The number of likely N-dealkylation sites (N-methyl/N-ethyl adjacent to an activating group) is 1. The van der Waals surface area contributed by atoms with Gasteiger partial charge in [-0.25, -0.2) is 9.59 Å². The lowest BCUT2D eigenvalue weighted by Gasteiger charge is -2.32. The third kappa shape index (κ3) is 6.58. The minimum Gasteiger partial charge on any atom is -0.465 e. The second-order valence-corrected chi connectivity index (χ2v) is 9.50. The standard InChI is InChI=1S/C27H35N5O5/c1-3-10-28-25(33)21-8-9-24-23(18-21)32(27(36)37-24)19-20-6-4-7-22(17-20)31(26(34)35)12-5-11-30-15-13-29(2)14-16-30/h4,6-9,17-18H,3,5,10-16,19H2,1-2H3,(H,28,33)(H,34,35). The summed E-state index contributed by atoms with van der Waals surface area (Å²) in [6.07, 6.45) is 0.544. The average Bonchev–Trinajstić information content (AvgIpc) is 3.20. The number of carboxylic acid groups (broad SMARTS) is 1. The van der Waals surface area contributed by atoms with Crippen molar-refractivity contribution in [2.45, 2.75) is 26.3 Å². The van der Waals surface area contributed by atoms with Crippen molar-refractivity contribution in [3.63, 3.8) is 0 Å². The zero-order valence-electron chi connectivity index (χ0n) is 21.5. The maximum atomic E-state index is 12.6. The Kier molecular flexibility index (Phi) is 8.62. The first-order valence-corrected chi connectivity index (χ1v) is 12.8. The van der Waals surface area contributed by atoms with E-state index in [2.05, 4.69) is 22.2 Å². The minimum absolute atomic E-state index is 0.189. The van der Waals surface area contributed by atoms with Crippen LogP contribution in [0.5, 0.6) is 0 Å². The summed E-state index contributed by atoms with van der Waals surface area (Å²) >= 11 is 0. The Morgan fingerprint density at radius 1 is 1.11 bits per heavy atom. The molecule has 2 N–H and O–H groups in total. The number of rotatable bonds is 10. The van der Waals surface area contributed by atoms with Gasteiger partial charge in [-0.1, -0.05) is 19.1 Å². The number of anilines is 1. The van der Waals surface area contributed by atoms with Crippen LogP contribution in [0.15, 0.2) is 51.7 Å². The zero-order valence-corrected chi connectivity index (χ0v) is 21.5. The first-order valence-electron chi connectivity index (χ1n) is 12.8. The van der Waals surface area contributed by atoms with E-state index in [1.807, 2.05) is 13.0 Å². The summed E-state index contributed by atoms with van der Waals surface area (Å²) in [5.41, 5.74) is 2.67. The molecular formula is C27H35N5O5. The summed E-state index contributed by atoms with van der Waals surface area (Å²) in [5.74, 6) is -0.742. The van der Waals surface area contributed by atoms with E-state index in [1.54, 1.807) is 36.4 Å². The van der Waals surface area contributed by atoms with Gasteiger partial charge in [0.2, 0.25) is 0 Å². The van der Waals surface area contributed by atoms with E-state index in [4.69, 9.17) is 4.42 Å². The van der Waals surface area contributed by atoms with Crippen molar-refractivity contribution >= 4 is 28.8 Å². The molecule has 1 fully saturated rings. The van der Waals surface area contributed by atoms with Crippen LogP contribution in [0.25, 0.3) is 11.1 Å². The highest BCUT2D eigenvalue weighted by Gasteiger charge is 2.18. The number of hydrogen-bond acceptors (Lipinski definition) is 6. The van der Waals surface area contributed by atoms with Crippen molar-refractivity contribution in [3.8, 4) is 0 Å². The van der Waals surface area contributed by atoms with Crippen LogP contribution >= 0.6 is 0 Å². The van der Waals surface area contributed by atoms with E-state index < -0.39 is 11.8 Å². The number of nitrogens with one attached hydrogen (secondary N) is 1. The lowest BCUT2D eigenvalue weighted by molar-refractivity contribution is 0.0953. The van der Waals surface area contributed by atoms with Gasteiger partial charge >= 0.3 is 11.8 Å². The summed E-state index contributed by atoms with van der Waals surface area (Å²) in [6, 6.07) is 12.1. The number of nitrogens with zero attached hydrogens (tertiary/aromatic N) is 4. The molecule has 10 nitrogen and oxygen atoms in total. The highest BCUT2D eigenvalue weighted by atomic mass is 16.4. The van der Waals surface area contributed by atoms with E-state index >= 15 is 0 Å². The first kappa shape index (κ1) is 26.4. The van der Waals surface area contributed by atoms with Crippen LogP contribution in [0.2, 0.25) is 0 Å². The monoisotopic (exact) mass is 509 g/mol. The SMILES string of the molecule is CCCNC(=O)c1ccc2oc(=O)n(Cc3cccc(N(CCCN4CCN(C)CC4)C(=O)O)c3)c2c1. The minimum atomic E-state index is -1.01. The molecule has 3 aromatic rings. The maximum Gasteiger partial charge on any atom is 0.420 e. The summed E-state index contributed by atoms with van der Waals surface area (Å²) in [5, 5.41) is 12.7. The number of oxazole rings is 1. The predicted octanol–water partition coefficient (Wildman–Crippen LogP) is 2.90. The van der Waals surface area contributed by atoms with Crippen LogP contribution in [0.4, 0.5) is 10.5 Å². The molecular weight excluding hydrogens is 474 g/mol. The molecule has 0 saturated carbocycles. The number of amides is 2. The molecule has 1 aliphatic rings. The van der Waals surface area contributed by atoms with E-state index in [0.717, 1.165) is 51.1 Å². The number of hydrogen-bond donors (Lipinski definition) is 2. The molecule has 0 bridgehead atoms. The van der Waals surface area contributed by atoms with Gasteiger partial charge in [0.15, 0.2) is 5.58 Å². The predicted molar refractivity (Wildman–Crippen MR) is 143 cm³/mol. The normalized spacial score (nSPS) is 14.6. The third-order valence-corrected chi connectivity index (χ3v) is 6.71. The Hall–Kier alpha value is -3.63. The Balaban J connectivity index is 1.49. The Morgan fingerprint density at radius 3 is 2.62 bits per heavy atom. The quantitative estimate of drug-likeness (QED) is 0.432. The molecule has 1 aromatic heterocycles. The van der Waals surface area contributed by atoms with E-state index in [1.165, 1.54) is 9.47 Å². The fraction of sp³-hybridized carbons (Fsp3) is 0.444.